The Hall–Kier alpha value is -0.196. The third-order valence-electron chi connectivity index (χ3n) is 2.90. The van der Waals surface area contributed by atoms with E-state index >= 15 is 0 Å². The molecular formula is C12H21O3PSi2-2. The molecule has 0 saturated carbocycles. The van der Waals surface area contributed by atoms with Gasteiger partial charge in [0.05, 0.1) is 16.1 Å². The molecule has 0 fully saturated rings. The van der Waals surface area contributed by atoms with Gasteiger partial charge in [0.1, 0.15) is 0 Å². The Balaban J connectivity index is 3.73. The summed E-state index contributed by atoms with van der Waals surface area (Å²) in [6, 6.07) is 5.17. The van der Waals surface area contributed by atoms with Crippen LogP contribution in [-0.2, 0) is 4.57 Å². The topological polar surface area (TPSA) is 63.2 Å². The van der Waals surface area contributed by atoms with Gasteiger partial charge in [-0.25, -0.2) is 0 Å². The highest BCUT2D eigenvalue weighted by molar-refractivity contribution is 7.58. The van der Waals surface area contributed by atoms with E-state index in [0.29, 0.717) is 0 Å². The minimum Gasteiger partial charge on any atom is -0.807 e. The first-order valence-electron chi connectivity index (χ1n) is 6.02. The highest BCUT2D eigenvalue weighted by Gasteiger charge is 2.30. The van der Waals surface area contributed by atoms with Gasteiger partial charge < -0.3 is 14.4 Å². The minimum absolute atomic E-state index is 0.0293. The fraction of sp³-hybridized carbons (Fsp3) is 0.500. The van der Waals surface area contributed by atoms with Crippen LogP contribution in [0.5, 0.6) is 0 Å². The molecule has 0 N–H and O–H groups in total. The quantitative estimate of drug-likeness (QED) is 0.596. The molecule has 3 nitrogen and oxygen atoms in total. The lowest BCUT2D eigenvalue weighted by atomic mass is 10.3. The first kappa shape index (κ1) is 15.9. The summed E-state index contributed by atoms with van der Waals surface area (Å²) < 4.78 is 11.5. The van der Waals surface area contributed by atoms with E-state index in [1.54, 1.807) is 6.07 Å². The Morgan fingerprint density at radius 2 is 1.44 bits per heavy atom. The van der Waals surface area contributed by atoms with E-state index in [1.165, 1.54) is 6.07 Å². The normalized spacial score (nSPS) is 13.8. The molecule has 0 bridgehead atoms. The lowest BCUT2D eigenvalue weighted by Gasteiger charge is -2.38. The van der Waals surface area contributed by atoms with Crippen molar-refractivity contribution < 1.29 is 14.4 Å². The Labute approximate surface area is 111 Å². The van der Waals surface area contributed by atoms with E-state index < -0.39 is 23.7 Å². The second-order valence-electron chi connectivity index (χ2n) is 6.70. The third-order valence-corrected chi connectivity index (χ3v) is 8.39. The van der Waals surface area contributed by atoms with Gasteiger partial charge in [0.2, 0.25) is 0 Å². The maximum absolute atomic E-state index is 11.5. The van der Waals surface area contributed by atoms with Crippen molar-refractivity contribution in [3.8, 4) is 0 Å². The predicted molar refractivity (Wildman–Crippen MR) is 79.6 cm³/mol. The monoisotopic (exact) mass is 300 g/mol. The van der Waals surface area contributed by atoms with E-state index in [-0.39, 0.29) is 5.30 Å². The van der Waals surface area contributed by atoms with Crippen molar-refractivity contribution >= 4 is 39.4 Å². The lowest BCUT2D eigenvalue weighted by Crippen LogP contribution is -2.62. The molecule has 18 heavy (non-hydrogen) atoms. The average Bonchev–Trinajstić information content (AvgIpc) is 2.12. The summed E-state index contributed by atoms with van der Waals surface area (Å²) in [4.78, 5) is 23.0. The minimum atomic E-state index is -4.69. The van der Waals surface area contributed by atoms with Crippen molar-refractivity contribution in [1.29, 1.82) is 0 Å². The summed E-state index contributed by atoms with van der Waals surface area (Å²) in [6.07, 6.45) is 0. The van der Waals surface area contributed by atoms with Crippen LogP contribution in [0.25, 0.3) is 0 Å². The van der Waals surface area contributed by atoms with Gasteiger partial charge in [0, 0.05) is 0 Å². The molecule has 0 atom stereocenters. The number of benzene rings is 1. The van der Waals surface area contributed by atoms with E-state index in [9.17, 15) is 14.4 Å². The first-order valence-corrected chi connectivity index (χ1v) is 14.6. The zero-order chi connectivity index (χ0) is 14.4. The molecule has 0 aromatic heterocycles. The van der Waals surface area contributed by atoms with E-state index in [1.807, 2.05) is 6.07 Å². The average molecular weight is 300 g/mol. The summed E-state index contributed by atoms with van der Waals surface area (Å²) in [5, 5.41) is 1.99. The highest BCUT2D eigenvalue weighted by atomic mass is 31.2. The van der Waals surface area contributed by atoms with Gasteiger partial charge >= 0.3 is 0 Å². The number of hydrogen-bond acceptors (Lipinski definition) is 3. The molecule has 0 amide bonds. The Morgan fingerprint density at radius 3 is 1.78 bits per heavy atom. The molecule has 0 spiro atoms. The van der Waals surface area contributed by atoms with Gasteiger partial charge in [0.25, 0.3) is 0 Å². The zero-order valence-corrected chi connectivity index (χ0v) is 14.8. The molecule has 0 unspecified atom stereocenters. The van der Waals surface area contributed by atoms with Gasteiger partial charge in [-0.05, 0) is 12.9 Å². The molecule has 0 heterocycles. The van der Waals surface area contributed by atoms with E-state index in [2.05, 4.69) is 39.3 Å². The summed E-state index contributed by atoms with van der Waals surface area (Å²) in [7, 11) is -8.23. The standard InChI is InChI=1S/C12H23O3PSi2/c1-17(2,3)11-9-7-8-10(16(13,14)15)12(11)18(4,5)6/h7-9H,1-6H3,(H2,13,14,15)/p-2. The second-order valence-corrected chi connectivity index (χ2v) is 18.2. The molecule has 6 heteroatoms. The highest BCUT2D eigenvalue weighted by Crippen LogP contribution is 2.22. The van der Waals surface area contributed by atoms with Crippen LogP contribution in [0.4, 0.5) is 0 Å². The van der Waals surface area contributed by atoms with Crippen molar-refractivity contribution in [1.82, 2.24) is 0 Å². The van der Waals surface area contributed by atoms with Gasteiger partial charge in [-0.2, -0.15) is 0 Å². The fourth-order valence-electron chi connectivity index (χ4n) is 2.18. The Bertz CT molecular complexity index is 495. The van der Waals surface area contributed by atoms with Crippen molar-refractivity contribution in [2.45, 2.75) is 39.3 Å². The van der Waals surface area contributed by atoms with Gasteiger partial charge in [-0.1, -0.05) is 67.9 Å². The van der Waals surface area contributed by atoms with Gasteiger partial charge in [-0.15, -0.1) is 0 Å². The van der Waals surface area contributed by atoms with Crippen LogP contribution < -0.4 is 25.5 Å². The van der Waals surface area contributed by atoms with E-state index in [4.69, 9.17) is 0 Å². The molecule has 1 aromatic rings. The Morgan fingerprint density at radius 1 is 0.944 bits per heavy atom. The maximum atomic E-state index is 11.5. The smallest absolute Gasteiger partial charge is 0.0783 e. The third kappa shape index (κ3) is 3.42. The Kier molecular flexibility index (Phi) is 4.16. The molecule has 1 rings (SSSR count). The molecular weight excluding hydrogens is 279 g/mol. The van der Waals surface area contributed by atoms with E-state index in [0.717, 1.165) is 10.4 Å². The van der Waals surface area contributed by atoms with Crippen LogP contribution >= 0.6 is 7.60 Å². The van der Waals surface area contributed by atoms with Crippen molar-refractivity contribution in [3.05, 3.63) is 18.2 Å². The molecule has 0 aliphatic carbocycles. The van der Waals surface area contributed by atoms with Crippen molar-refractivity contribution in [2.24, 2.45) is 0 Å². The predicted octanol–water partition coefficient (Wildman–Crippen LogP) is 0.316. The molecule has 0 aliphatic heterocycles. The first-order chi connectivity index (χ1) is 7.85. The van der Waals surface area contributed by atoms with Crippen LogP contribution in [0, 0.1) is 0 Å². The second kappa shape index (κ2) is 4.72. The van der Waals surface area contributed by atoms with Gasteiger partial charge in [-0.3, -0.25) is 0 Å². The van der Waals surface area contributed by atoms with Crippen LogP contribution in [-0.4, -0.2) is 16.1 Å². The van der Waals surface area contributed by atoms with Crippen molar-refractivity contribution in [2.75, 3.05) is 0 Å². The van der Waals surface area contributed by atoms with Crippen molar-refractivity contribution in [3.63, 3.8) is 0 Å². The fourth-order valence-corrected chi connectivity index (χ4v) is 9.84. The summed E-state index contributed by atoms with van der Waals surface area (Å²) in [6.45, 7) is 12.8. The molecule has 0 saturated heterocycles. The van der Waals surface area contributed by atoms with Crippen LogP contribution in [0.15, 0.2) is 18.2 Å². The van der Waals surface area contributed by atoms with Gasteiger partial charge in [0.15, 0.2) is 0 Å². The van der Waals surface area contributed by atoms with Crippen LogP contribution in [0.3, 0.4) is 0 Å². The zero-order valence-electron chi connectivity index (χ0n) is 11.9. The largest absolute Gasteiger partial charge is 0.807 e. The SMILES string of the molecule is C[Si](C)(C)c1cccc(P(=O)([O-])[O-])c1[Si](C)(C)C. The summed E-state index contributed by atoms with van der Waals surface area (Å²) >= 11 is 0. The molecule has 0 aliphatic rings. The molecule has 1 aromatic carbocycles. The molecule has 0 radical (unpaired) electrons. The summed E-state index contributed by atoms with van der Waals surface area (Å²) in [5.41, 5.74) is 0. The van der Waals surface area contributed by atoms with Crippen LogP contribution in [0.2, 0.25) is 39.3 Å². The summed E-state index contributed by atoms with van der Waals surface area (Å²) in [5.74, 6) is 0. The molecule has 102 valence electrons. The lowest BCUT2D eigenvalue weighted by molar-refractivity contribution is -0.307. The maximum Gasteiger partial charge on any atom is 0.0783 e. The van der Waals surface area contributed by atoms with Crippen LogP contribution in [0.1, 0.15) is 0 Å². The number of rotatable bonds is 3. The number of hydrogen-bond donors (Lipinski definition) is 0.